The Hall–Kier alpha value is -2.57. The van der Waals surface area contributed by atoms with Crippen molar-refractivity contribution in [2.45, 2.75) is 25.0 Å². The summed E-state index contributed by atoms with van der Waals surface area (Å²) in [4.78, 5) is 0. The lowest BCUT2D eigenvalue weighted by Crippen LogP contribution is -2.40. The van der Waals surface area contributed by atoms with Crippen molar-refractivity contribution in [1.29, 1.82) is 10.5 Å². The van der Waals surface area contributed by atoms with E-state index in [0.717, 1.165) is 0 Å². The first-order valence-corrected chi connectivity index (χ1v) is 7.97. The van der Waals surface area contributed by atoms with Gasteiger partial charge >= 0.3 is 10.1 Å². The highest BCUT2D eigenvalue weighted by Gasteiger charge is 2.42. The summed E-state index contributed by atoms with van der Waals surface area (Å²) in [5.41, 5.74) is 0.940. The van der Waals surface area contributed by atoms with Crippen molar-refractivity contribution in [3.05, 3.63) is 53.1 Å². The maximum Gasteiger partial charge on any atom is 0.318 e. The van der Waals surface area contributed by atoms with E-state index in [1.54, 1.807) is 26.0 Å². The van der Waals surface area contributed by atoms with Crippen LogP contribution in [0.2, 0.25) is 0 Å². The molecular weight excluding hydrogens is 300 g/mol. The molecule has 1 aromatic carbocycles. The molecule has 112 valence electrons. The number of benzene rings is 1. The van der Waals surface area contributed by atoms with Gasteiger partial charge in [-0.2, -0.15) is 18.9 Å². The molecule has 1 unspecified atom stereocenters. The summed E-state index contributed by atoms with van der Waals surface area (Å²) in [6.45, 7) is 3.34. The lowest BCUT2D eigenvalue weighted by molar-refractivity contribution is 0.451. The lowest BCUT2D eigenvalue weighted by Gasteiger charge is -2.30. The highest BCUT2D eigenvalue weighted by atomic mass is 32.2. The maximum atomic E-state index is 12.6. The van der Waals surface area contributed by atoms with E-state index in [4.69, 9.17) is 14.7 Å². The first-order chi connectivity index (χ1) is 10.3. The molecule has 0 saturated heterocycles. The molecule has 0 N–H and O–H groups in total. The molecule has 0 amide bonds. The van der Waals surface area contributed by atoms with Crippen molar-refractivity contribution in [3.63, 3.8) is 0 Å². The highest BCUT2D eigenvalue weighted by Crippen LogP contribution is 2.35. The van der Waals surface area contributed by atoms with E-state index in [9.17, 15) is 8.42 Å². The van der Waals surface area contributed by atoms with Gasteiger partial charge in [-0.05, 0) is 38.0 Å². The minimum atomic E-state index is -3.94. The zero-order chi connectivity index (χ0) is 16.4. The summed E-state index contributed by atoms with van der Waals surface area (Å²) in [6, 6.07) is 7.72. The van der Waals surface area contributed by atoms with Gasteiger partial charge in [0.1, 0.15) is 22.6 Å². The fraction of sp³-hybridized carbons (Fsp3) is 0.250. The number of nitrogens with zero attached hydrogens (tertiary/aromatic N) is 2. The third-order valence-electron chi connectivity index (χ3n) is 3.81. The molecule has 0 aliphatic heterocycles. The van der Waals surface area contributed by atoms with Crippen molar-refractivity contribution in [2.75, 3.05) is 0 Å². The minimum Gasteiger partial charge on any atom is -0.382 e. The molecular formula is C16H14N2O3S. The van der Waals surface area contributed by atoms with E-state index >= 15 is 0 Å². The smallest absolute Gasteiger partial charge is 0.318 e. The van der Waals surface area contributed by atoms with Gasteiger partial charge in [-0.25, -0.2) is 0 Å². The zero-order valence-electron chi connectivity index (χ0n) is 12.2. The SMILES string of the molecule is CC1=CC=CCC1(C)S(=O)(=O)Oc1ccc(C#N)c(C#N)c1. The topological polar surface area (TPSA) is 90.9 Å². The van der Waals surface area contributed by atoms with Gasteiger partial charge in [0.15, 0.2) is 0 Å². The predicted molar refractivity (Wildman–Crippen MR) is 81.3 cm³/mol. The molecule has 6 heteroatoms. The lowest BCUT2D eigenvalue weighted by atomic mass is 9.94. The molecule has 0 aromatic heterocycles. The third kappa shape index (κ3) is 2.61. The molecule has 0 bridgehead atoms. The van der Waals surface area contributed by atoms with Crippen LogP contribution >= 0.6 is 0 Å². The first-order valence-electron chi connectivity index (χ1n) is 6.56. The average molecular weight is 314 g/mol. The van der Waals surface area contributed by atoms with Crippen LogP contribution in [0.15, 0.2) is 42.0 Å². The molecule has 1 aromatic rings. The summed E-state index contributed by atoms with van der Waals surface area (Å²) in [5.74, 6) is 0.0270. The van der Waals surface area contributed by atoms with E-state index < -0.39 is 14.9 Å². The number of hydrogen-bond donors (Lipinski definition) is 0. The first kappa shape index (κ1) is 15.8. The van der Waals surface area contributed by atoms with Crippen LogP contribution in [-0.2, 0) is 10.1 Å². The Bertz CT molecular complexity index is 854. The fourth-order valence-corrected chi connectivity index (χ4v) is 3.43. The Labute approximate surface area is 129 Å². The van der Waals surface area contributed by atoms with Gasteiger partial charge in [0, 0.05) is 6.07 Å². The van der Waals surface area contributed by atoms with Gasteiger partial charge in [0.05, 0.1) is 11.1 Å². The molecule has 1 aliphatic carbocycles. The monoisotopic (exact) mass is 314 g/mol. The van der Waals surface area contributed by atoms with Crippen LogP contribution in [0, 0.1) is 22.7 Å². The molecule has 0 spiro atoms. The molecule has 22 heavy (non-hydrogen) atoms. The standard InChI is InChI=1S/C16H14N2O3S/c1-12-5-3-4-8-16(12,2)22(19,20)21-15-7-6-13(10-17)14(9-15)11-18/h3-7,9H,8H2,1-2H3. The van der Waals surface area contributed by atoms with E-state index in [1.165, 1.54) is 18.2 Å². The van der Waals surface area contributed by atoms with Gasteiger partial charge < -0.3 is 4.18 Å². The van der Waals surface area contributed by atoms with Crippen LogP contribution in [0.3, 0.4) is 0 Å². The van der Waals surface area contributed by atoms with Crippen LogP contribution in [0.4, 0.5) is 0 Å². The van der Waals surface area contributed by atoms with Crippen molar-refractivity contribution < 1.29 is 12.6 Å². The van der Waals surface area contributed by atoms with Crippen LogP contribution < -0.4 is 4.18 Å². The summed E-state index contributed by atoms with van der Waals surface area (Å²) in [5, 5.41) is 17.9. The maximum absolute atomic E-state index is 12.6. The van der Waals surface area contributed by atoms with E-state index in [1.807, 2.05) is 18.2 Å². The second-order valence-electron chi connectivity index (χ2n) is 5.18. The molecule has 0 radical (unpaired) electrons. The Balaban J connectivity index is 2.39. The molecule has 2 rings (SSSR count). The quantitative estimate of drug-likeness (QED) is 0.800. The van der Waals surface area contributed by atoms with Crippen molar-refractivity contribution in [1.82, 2.24) is 0 Å². The second-order valence-corrected chi connectivity index (χ2v) is 7.16. The predicted octanol–water partition coefficient (Wildman–Crippen LogP) is 2.80. The Morgan fingerprint density at radius 1 is 1.23 bits per heavy atom. The van der Waals surface area contributed by atoms with Crippen molar-refractivity contribution in [3.8, 4) is 17.9 Å². The van der Waals surface area contributed by atoms with Gasteiger partial charge in [-0.3, -0.25) is 0 Å². The van der Waals surface area contributed by atoms with E-state index in [0.29, 0.717) is 12.0 Å². The van der Waals surface area contributed by atoms with Gasteiger partial charge in [0.25, 0.3) is 0 Å². The molecule has 1 aliphatic rings. The van der Waals surface area contributed by atoms with Crippen LogP contribution in [-0.4, -0.2) is 13.2 Å². The summed E-state index contributed by atoms with van der Waals surface area (Å²) in [7, 11) is -3.94. The molecule has 0 heterocycles. The van der Waals surface area contributed by atoms with Gasteiger partial charge in [-0.15, -0.1) is 0 Å². The van der Waals surface area contributed by atoms with Gasteiger partial charge in [-0.1, -0.05) is 18.2 Å². The molecule has 1 atom stereocenters. The summed E-state index contributed by atoms with van der Waals surface area (Å²) >= 11 is 0. The second kappa shape index (κ2) is 5.67. The number of hydrogen-bond acceptors (Lipinski definition) is 5. The van der Waals surface area contributed by atoms with Crippen molar-refractivity contribution >= 4 is 10.1 Å². The van der Waals surface area contributed by atoms with Crippen molar-refractivity contribution in [2.24, 2.45) is 0 Å². The third-order valence-corrected chi connectivity index (χ3v) is 5.82. The molecule has 0 fully saturated rings. The number of nitriles is 2. The Kier molecular flexibility index (Phi) is 4.07. The Morgan fingerprint density at radius 2 is 1.91 bits per heavy atom. The van der Waals surface area contributed by atoms with Crippen LogP contribution in [0.1, 0.15) is 31.4 Å². The molecule has 5 nitrogen and oxygen atoms in total. The van der Waals surface area contributed by atoms with Crippen LogP contribution in [0.5, 0.6) is 5.75 Å². The minimum absolute atomic E-state index is 0.0270. The number of allylic oxidation sites excluding steroid dienone is 3. The zero-order valence-corrected chi connectivity index (χ0v) is 13.0. The van der Waals surface area contributed by atoms with E-state index in [-0.39, 0.29) is 16.9 Å². The van der Waals surface area contributed by atoms with Crippen LogP contribution in [0.25, 0.3) is 0 Å². The summed E-state index contributed by atoms with van der Waals surface area (Å²) in [6.07, 6.45) is 5.64. The van der Waals surface area contributed by atoms with E-state index in [2.05, 4.69) is 0 Å². The summed E-state index contributed by atoms with van der Waals surface area (Å²) < 4.78 is 29.2. The Morgan fingerprint density at radius 3 is 2.50 bits per heavy atom. The molecule has 0 saturated carbocycles. The largest absolute Gasteiger partial charge is 0.382 e. The number of rotatable bonds is 3. The normalized spacial score (nSPS) is 20.6. The van der Waals surface area contributed by atoms with Gasteiger partial charge in [0.2, 0.25) is 0 Å². The highest BCUT2D eigenvalue weighted by molar-refractivity contribution is 7.88. The fourth-order valence-electron chi connectivity index (χ4n) is 2.13. The average Bonchev–Trinajstić information content (AvgIpc) is 2.49.